The second-order valence-corrected chi connectivity index (χ2v) is 8.71. The standard InChI is InChI=1S/C26H27N3O3S.ClH/c1-4-31-22-15-10-16-23-24(22)27-26(33-23)29(18-17-28(2)3)25(30)20-13-8-9-14-21(20)32-19-11-6-5-7-12-19;/h5-16H,4,17-18H2,1-3H3;1H. The molecule has 0 atom stereocenters. The third kappa shape index (κ3) is 5.86. The number of rotatable bonds is 9. The van der Waals surface area contributed by atoms with E-state index in [1.807, 2.05) is 92.6 Å². The first-order chi connectivity index (χ1) is 16.1. The molecule has 4 aromatic rings. The van der Waals surface area contributed by atoms with E-state index in [0.29, 0.717) is 41.9 Å². The quantitative estimate of drug-likeness (QED) is 0.279. The molecule has 0 saturated carbocycles. The topological polar surface area (TPSA) is 54.9 Å². The van der Waals surface area contributed by atoms with Crippen LogP contribution >= 0.6 is 23.7 Å². The lowest BCUT2D eigenvalue weighted by Gasteiger charge is -2.23. The summed E-state index contributed by atoms with van der Waals surface area (Å²) >= 11 is 1.48. The Kier molecular flexibility index (Phi) is 8.87. The van der Waals surface area contributed by atoms with Crippen molar-refractivity contribution in [2.45, 2.75) is 6.92 Å². The van der Waals surface area contributed by atoms with E-state index in [1.165, 1.54) is 11.3 Å². The number of anilines is 1. The molecule has 34 heavy (non-hydrogen) atoms. The average Bonchev–Trinajstić information content (AvgIpc) is 3.25. The molecular weight excluding hydrogens is 470 g/mol. The zero-order chi connectivity index (χ0) is 23.2. The summed E-state index contributed by atoms with van der Waals surface area (Å²) in [7, 11) is 3.97. The van der Waals surface area contributed by atoms with Gasteiger partial charge in [0.2, 0.25) is 0 Å². The van der Waals surface area contributed by atoms with Gasteiger partial charge in [-0.25, -0.2) is 4.98 Å². The van der Waals surface area contributed by atoms with Crippen molar-refractivity contribution in [3.63, 3.8) is 0 Å². The van der Waals surface area contributed by atoms with Gasteiger partial charge in [0, 0.05) is 13.1 Å². The number of fused-ring (bicyclic) bond motifs is 1. The van der Waals surface area contributed by atoms with Gasteiger partial charge in [0.1, 0.15) is 22.8 Å². The average molecular weight is 498 g/mol. The predicted octanol–water partition coefficient (Wildman–Crippen LogP) is 6.12. The first-order valence-corrected chi connectivity index (χ1v) is 11.7. The van der Waals surface area contributed by atoms with E-state index in [9.17, 15) is 4.79 Å². The molecule has 1 amide bonds. The molecule has 0 radical (unpaired) electrons. The molecule has 0 saturated heterocycles. The van der Waals surface area contributed by atoms with Gasteiger partial charge in [0.05, 0.1) is 16.9 Å². The number of amides is 1. The highest BCUT2D eigenvalue weighted by atomic mass is 35.5. The molecule has 1 heterocycles. The summed E-state index contributed by atoms with van der Waals surface area (Å²) in [5.41, 5.74) is 1.26. The van der Waals surface area contributed by atoms with Crippen LogP contribution in [-0.2, 0) is 0 Å². The van der Waals surface area contributed by atoms with E-state index in [0.717, 1.165) is 16.0 Å². The van der Waals surface area contributed by atoms with Gasteiger partial charge in [0.25, 0.3) is 5.91 Å². The maximum atomic E-state index is 13.8. The fourth-order valence-electron chi connectivity index (χ4n) is 3.38. The number of ether oxygens (including phenoxy) is 2. The van der Waals surface area contributed by atoms with Crippen molar-refractivity contribution in [2.75, 3.05) is 38.7 Å². The molecule has 178 valence electrons. The minimum Gasteiger partial charge on any atom is -0.492 e. The van der Waals surface area contributed by atoms with Crippen LogP contribution in [0.15, 0.2) is 72.8 Å². The van der Waals surface area contributed by atoms with Gasteiger partial charge in [0.15, 0.2) is 5.13 Å². The normalized spacial score (nSPS) is 10.7. The Bertz CT molecular complexity index is 1230. The van der Waals surface area contributed by atoms with Gasteiger partial charge in [-0.2, -0.15) is 0 Å². The van der Waals surface area contributed by atoms with Crippen LogP contribution < -0.4 is 14.4 Å². The fraction of sp³-hybridized carbons (Fsp3) is 0.231. The Labute approximate surface area is 210 Å². The second-order valence-electron chi connectivity index (χ2n) is 7.70. The predicted molar refractivity (Wildman–Crippen MR) is 141 cm³/mol. The van der Waals surface area contributed by atoms with E-state index in [-0.39, 0.29) is 18.3 Å². The van der Waals surface area contributed by atoms with Crippen LogP contribution in [0, 0.1) is 0 Å². The number of carbonyl (C=O) groups is 1. The summed E-state index contributed by atoms with van der Waals surface area (Å²) in [5.74, 6) is 1.77. The number of hydrogen-bond acceptors (Lipinski definition) is 6. The van der Waals surface area contributed by atoms with Crippen LogP contribution in [0.2, 0.25) is 0 Å². The van der Waals surface area contributed by atoms with Gasteiger partial charge < -0.3 is 14.4 Å². The number of carbonyl (C=O) groups excluding carboxylic acids is 1. The number of thiazole rings is 1. The summed E-state index contributed by atoms with van der Waals surface area (Å²) < 4.78 is 12.8. The molecule has 4 rings (SSSR count). The van der Waals surface area contributed by atoms with Crippen molar-refractivity contribution >= 4 is 45.0 Å². The van der Waals surface area contributed by atoms with Crippen molar-refractivity contribution in [1.82, 2.24) is 9.88 Å². The molecule has 3 aromatic carbocycles. The lowest BCUT2D eigenvalue weighted by molar-refractivity contribution is 0.0983. The number of likely N-dealkylation sites (N-methyl/N-ethyl adjacent to an activating group) is 1. The van der Waals surface area contributed by atoms with Crippen molar-refractivity contribution in [3.05, 3.63) is 78.4 Å². The van der Waals surface area contributed by atoms with Crippen LogP contribution in [-0.4, -0.2) is 49.6 Å². The lowest BCUT2D eigenvalue weighted by Crippen LogP contribution is -2.36. The van der Waals surface area contributed by atoms with Crippen LogP contribution in [0.25, 0.3) is 10.2 Å². The monoisotopic (exact) mass is 497 g/mol. The smallest absolute Gasteiger partial charge is 0.263 e. The van der Waals surface area contributed by atoms with Crippen molar-refractivity contribution in [2.24, 2.45) is 0 Å². The van der Waals surface area contributed by atoms with E-state index in [2.05, 4.69) is 0 Å². The number of aromatic nitrogens is 1. The third-order valence-corrected chi connectivity index (χ3v) is 6.05. The lowest BCUT2D eigenvalue weighted by atomic mass is 10.1. The van der Waals surface area contributed by atoms with Gasteiger partial charge in [-0.15, -0.1) is 12.4 Å². The third-order valence-electron chi connectivity index (χ3n) is 5.01. The number of hydrogen-bond donors (Lipinski definition) is 0. The first-order valence-electron chi connectivity index (χ1n) is 10.9. The van der Waals surface area contributed by atoms with Gasteiger partial charge >= 0.3 is 0 Å². The molecule has 0 aliphatic carbocycles. The SMILES string of the molecule is CCOc1cccc2sc(N(CCN(C)C)C(=O)c3ccccc3Oc3ccccc3)nc12.Cl. The van der Waals surface area contributed by atoms with E-state index in [4.69, 9.17) is 14.5 Å². The zero-order valence-electron chi connectivity index (χ0n) is 19.4. The molecule has 8 heteroatoms. The highest BCUT2D eigenvalue weighted by Gasteiger charge is 2.25. The van der Waals surface area contributed by atoms with E-state index >= 15 is 0 Å². The number of para-hydroxylation sites is 3. The Hall–Kier alpha value is -3.13. The molecule has 0 aliphatic heterocycles. The Balaban J connectivity index is 0.00000324. The molecule has 1 aromatic heterocycles. The summed E-state index contributed by atoms with van der Waals surface area (Å²) in [5, 5.41) is 0.638. The highest BCUT2D eigenvalue weighted by Crippen LogP contribution is 2.35. The summed E-state index contributed by atoms with van der Waals surface area (Å²) in [6.45, 7) is 3.69. The van der Waals surface area contributed by atoms with Gasteiger partial charge in [-0.3, -0.25) is 9.69 Å². The Morgan fingerprint density at radius 1 is 0.912 bits per heavy atom. The Morgan fingerprint density at radius 2 is 1.62 bits per heavy atom. The molecular formula is C26H28ClN3O3S. The van der Waals surface area contributed by atoms with E-state index < -0.39 is 0 Å². The molecule has 0 unspecified atom stereocenters. The maximum absolute atomic E-state index is 13.8. The molecule has 0 bridgehead atoms. The van der Waals surface area contributed by atoms with Crippen LogP contribution in [0.4, 0.5) is 5.13 Å². The largest absolute Gasteiger partial charge is 0.492 e. The van der Waals surface area contributed by atoms with Crippen molar-refractivity contribution in [3.8, 4) is 17.2 Å². The number of benzene rings is 3. The Morgan fingerprint density at radius 3 is 2.35 bits per heavy atom. The van der Waals surface area contributed by atoms with Crippen LogP contribution in [0.1, 0.15) is 17.3 Å². The minimum atomic E-state index is -0.152. The first kappa shape index (κ1) is 25.5. The zero-order valence-corrected chi connectivity index (χ0v) is 21.1. The summed E-state index contributed by atoms with van der Waals surface area (Å²) in [6.07, 6.45) is 0. The molecule has 6 nitrogen and oxygen atoms in total. The van der Waals surface area contributed by atoms with Crippen molar-refractivity contribution < 1.29 is 14.3 Å². The number of halogens is 1. The molecule has 0 aliphatic rings. The fourth-order valence-corrected chi connectivity index (χ4v) is 4.38. The van der Waals surface area contributed by atoms with E-state index in [1.54, 1.807) is 11.0 Å². The molecule has 0 N–H and O–H groups in total. The van der Waals surface area contributed by atoms with Crippen LogP contribution in [0.5, 0.6) is 17.2 Å². The number of nitrogens with zero attached hydrogens (tertiary/aromatic N) is 3. The van der Waals surface area contributed by atoms with Gasteiger partial charge in [-0.05, 0) is 57.4 Å². The molecule has 0 spiro atoms. The maximum Gasteiger partial charge on any atom is 0.263 e. The summed E-state index contributed by atoms with van der Waals surface area (Å²) in [6, 6.07) is 22.7. The molecule has 0 fully saturated rings. The van der Waals surface area contributed by atoms with Crippen molar-refractivity contribution in [1.29, 1.82) is 0 Å². The van der Waals surface area contributed by atoms with Gasteiger partial charge in [-0.1, -0.05) is 47.7 Å². The van der Waals surface area contributed by atoms with Crippen LogP contribution in [0.3, 0.4) is 0 Å². The summed E-state index contributed by atoms with van der Waals surface area (Å²) in [4.78, 5) is 22.4. The minimum absolute atomic E-state index is 0. The highest BCUT2D eigenvalue weighted by molar-refractivity contribution is 7.22. The second kappa shape index (κ2) is 11.8.